The van der Waals surface area contributed by atoms with Gasteiger partial charge in [-0.3, -0.25) is 0 Å². The Labute approximate surface area is 176 Å². The van der Waals surface area contributed by atoms with E-state index in [0.717, 1.165) is 48.0 Å². The average Bonchev–Trinajstić information content (AvgIpc) is 2.67. The number of benzene rings is 2. The second-order valence-corrected chi connectivity index (χ2v) is 7.91. The van der Waals surface area contributed by atoms with Crippen molar-refractivity contribution in [2.75, 3.05) is 19.7 Å². The molecule has 6 heteroatoms. The Kier molecular flexibility index (Phi) is 7.13. The molecule has 0 N–H and O–H groups in total. The minimum absolute atomic E-state index is 0.200. The van der Waals surface area contributed by atoms with Crippen molar-refractivity contribution >= 4 is 28.8 Å². The van der Waals surface area contributed by atoms with E-state index in [1.165, 1.54) is 12.1 Å². The highest BCUT2D eigenvalue weighted by molar-refractivity contribution is 7.80. The van der Waals surface area contributed by atoms with Crippen molar-refractivity contribution in [3.63, 3.8) is 0 Å². The van der Waals surface area contributed by atoms with E-state index in [4.69, 9.17) is 33.3 Å². The van der Waals surface area contributed by atoms with Gasteiger partial charge in [-0.2, -0.15) is 0 Å². The van der Waals surface area contributed by atoms with Crippen molar-refractivity contribution in [2.45, 2.75) is 33.3 Å². The maximum absolute atomic E-state index is 13.4. The van der Waals surface area contributed by atoms with Crippen LogP contribution < -0.4 is 9.47 Å². The summed E-state index contributed by atoms with van der Waals surface area (Å²) in [5.41, 5.74) is 1.58. The number of hydrogen-bond donors (Lipinski definition) is 0. The molecule has 0 radical (unpaired) electrons. The summed E-state index contributed by atoms with van der Waals surface area (Å²) in [6, 6.07) is 10.0. The number of piperidine rings is 1. The van der Waals surface area contributed by atoms with Gasteiger partial charge in [-0.15, -0.1) is 0 Å². The third-order valence-electron chi connectivity index (χ3n) is 4.90. The van der Waals surface area contributed by atoms with Crippen LogP contribution in [0.25, 0.3) is 0 Å². The fourth-order valence-electron chi connectivity index (χ4n) is 3.27. The Morgan fingerprint density at radius 1 is 1.21 bits per heavy atom. The van der Waals surface area contributed by atoms with Crippen LogP contribution in [0.15, 0.2) is 36.4 Å². The third kappa shape index (κ3) is 5.15. The van der Waals surface area contributed by atoms with E-state index >= 15 is 0 Å². The van der Waals surface area contributed by atoms with Crippen molar-refractivity contribution in [2.24, 2.45) is 5.92 Å². The van der Waals surface area contributed by atoms with Gasteiger partial charge < -0.3 is 14.4 Å². The van der Waals surface area contributed by atoms with E-state index in [2.05, 4.69) is 11.8 Å². The van der Waals surface area contributed by atoms with Gasteiger partial charge in [0, 0.05) is 18.7 Å². The van der Waals surface area contributed by atoms with Gasteiger partial charge >= 0.3 is 0 Å². The molecule has 2 aromatic rings. The number of halogens is 2. The van der Waals surface area contributed by atoms with Crippen LogP contribution in [0.5, 0.6) is 11.5 Å². The monoisotopic (exact) mass is 421 g/mol. The van der Waals surface area contributed by atoms with Gasteiger partial charge in [-0.05, 0) is 55.5 Å². The molecule has 0 aliphatic carbocycles. The summed E-state index contributed by atoms with van der Waals surface area (Å²) in [6.07, 6.45) is 2.28. The Hall–Kier alpha value is -1.85. The summed E-state index contributed by atoms with van der Waals surface area (Å²) < 4.78 is 25.0. The average molecular weight is 422 g/mol. The number of ether oxygens (including phenoxy) is 2. The molecule has 2 aromatic carbocycles. The van der Waals surface area contributed by atoms with Crippen LogP contribution in [0.3, 0.4) is 0 Å². The standard InChI is InChI=1S/C22H25ClFNO2S/c1-3-26-20-13-17(22(28)25-9-7-15(2)8-10-25)12-19(23)21(20)27-14-16-5-4-6-18(24)11-16/h4-6,11-13,15H,3,7-10,14H2,1-2H3. The lowest BCUT2D eigenvalue weighted by Crippen LogP contribution is -2.37. The Bertz CT molecular complexity index is 837. The van der Waals surface area contributed by atoms with E-state index in [-0.39, 0.29) is 12.4 Å². The van der Waals surface area contributed by atoms with E-state index < -0.39 is 0 Å². The molecule has 0 bridgehead atoms. The highest BCUT2D eigenvalue weighted by Crippen LogP contribution is 2.38. The highest BCUT2D eigenvalue weighted by Gasteiger charge is 2.21. The normalized spacial score (nSPS) is 14.8. The molecule has 1 aliphatic heterocycles. The second kappa shape index (κ2) is 9.57. The van der Waals surface area contributed by atoms with Gasteiger partial charge in [0.25, 0.3) is 0 Å². The summed E-state index contributed by atoms with van der Waals surface area (Å²) in [5.74, 6) is 1.44. The van der Waals surface area contributed by atoms with Crippen LogP contribution in [-0.4, -0.2) is 29.6 Å². The van der Waals surface area contributed by atoms with Crippen LogP contribution in [0, 0.1) is 11.7 Å². The SMILES string of the molecule is CCOc1cc(C(=S)N2CCC(C)CC2)cc(Cl)c1OCc1cccc(F)c1. The largest absolute Gasteiger partial charge is 0.490 e. The molecule has 3 nitrogen and oxygen atoms in total. The van der Waals surface area contributed by atoms with E-state index in [1.807, 2.05) is 19.1 Å². The summed E-state index contributed by atoms with van der Waals surface area (Å²) in [4.78, 5) is 3.01. The number of hydrogen-bond acceptors (Lipinski definition) is 3. The molecule has 1 aliphatic rings. The van der Waals surface area contributed by atoms with Crippen molar-refractivity contribution in [3.05, 3.63) is 58.4 Å². The third-order valence-corrected chi connectivity index (χ3v) is 5.67. The molecule has 0 saturated carbocycles. The van der Waals surface area contributed by atoms with Gasteiger partial charge in [0.05, 0.1) is 11.6 Å². The van der Waals surface area contributed by atoms with Crippen LogP contribution in [0.4, 0.5) is 4.39 Å². The Morgan fingerprint density at radius 2 is 1.96 bits per heavy atom. The lowest BCUT2D eigenvalue weighted by Gasteiger charge is -2.32. The first-order valence-electron chi connectivity index (χ1n) is 9.60. The molecule has 1 saturated heterocycles. The van der Waals surface area contributed by atoms with Crippen molar-refractivity contribution in [3.8, 4) is 11.5 Å². The molecule has 0 spiro atoms. The molecule has 150 valence electrons. The molecule has 0 atom stereocenters. The van der Waals surface area contributed by atoms with Crippen LogP contribution in [-0.2, 0) is 6.61 Å². The number of nitrogens with zero attached hydrogens (tertiary/aromatic N) is 1. The predicted molar refractivity (Wildman–Crippen MR) is 115 cm³/mol. The molecule has 0 unspecified atom stereocenters. The zero-order chi connectivity index (χ0) is 20.1. The summed E-state index contributed by atoms with van der Waals surface area (Å²) in [7, 11) is 0. The molecule has 0 amide bonds. The molecule has 0 aromatic heterocycles. The first-order chi connectivity index (χ1) is 13.5. The zero-order valence-electron chi connectivity index (χ0n) is 16.2. The maximum atomic E-state index is 13.4. The molecule has 1 fully saturated rings. The lowest BCUT2D eigenvalue weighted by molar-refractivity contribution is 0.268. The van der Waals surface area contributed by atoms with Crippen LogP contribution in [0.1, 0.15) is 37.8 Å². The van der Waals surface area contributed by atoms with E-state index in [9.17, 15) is 4.39 Å². The Balaban J connectivity index is 1.80. The molecular weight excluding hydrogens is 397 g/mol. The van der Waals surface area contributed by atoms with Crippen molar-refractivity contribution < 1.29 is 13.9 Å². The number of thiocarbonyl (C=S) groups is 1. The zero-order valence-corrected chi connectivity index (χ0v) is 17.8. The van der Waals surface area contributed by atoms with Gasteiger partial charge in [-0.1, -0.05) is 42.9 Å². The highest BCUT2D eigenvalue weighted by atomic mass is 35.5. The summed E-state index contributed by atoms with van der Waals surface area (Å²) in [5, 5.41) is 0.435. The van der Waals surface area contributed by atoms with Crippen molar-refractivity contribution in [1.29, 1.82) is 0 Å². The lowest BCUT2D eigenvalue weighted by atomic mass is 9.99. The predicted octanol–water partition coefficient (Wildman–Crippen LogP) is 5.86. The molecule has 1 heterocycles. The first kappa shape index (κ1) is 20.9. The maximum Gasteiger partial charge on any atom is 0.180 e. The second-order valence-electron chi connectivity index (χ2n) is 7.11. The Morgan fingerprint density at radius 3 is 2.64 bits per heavy atom. The van der Waals surface area contributed by atoms with E-state index in [0.29, 0.717) is 23.1 Å². The van der Waals surface area contributed by atoms with Gasteiger partial charge in [0.1, 0.15) is 17.4 Å². The fourth-order valence-corrected chi connectivity index (χ4v) is 3.84. The fraction of sp³-hybridized carbons (Fsp3) is 0.409. The quantitative estimate of drug-likeness (QED) is 0.544. The van der Waals surface area contributed by atoms with E-state index in [1.54, 1.807) is 12.1 Å². The first-order valence-corrected chi connectivity index (χ1v) is 10.4. The smallest absolute Gasteiger partial charge is 0.180 e. The number of likely N-dealkylation sites (tertiary alicyclic amines) is 1. The van der Waals surface area contributed by atoms with Gasteiger partial charge in [-0.25, -0.2) is 4.39 Å². The summed E-state index contributed by atoms with van der Waals surface area (Å²) >= 11 is 12.2. The summed E-state index contributed by atoms with van der Waals surface area (Å²) in [6.45, 7) is 6.77. The number of rotatable bonds is 6. The minimum Gasteiger partial charge on any atom is -0.490 e. The molecular formula is C22H25ClFNO2S. The topological polar surface area (TPSA) is 21.7 Å². The van der Waals surface area contributed by atoms with Crippen LogP contribution in [0.2, 0.25) is 5.02 Å². The minimum atomic E-state index is -0.297. The van der Waals surface area contributed by atoms with Crippen LogP contribution >= 0.6 is 23.8 Å². The van der Waals surface area contributed by atoms with Crippen molar-refractivity contribution in [1.82, 2.24) is 4.90 Å². The van der Waals surface area contributed by atoms with Gasteiger partial charge in [0.15, 0.2) is 11.5 Å². The van der Waals surface area contributed by atoms with Gasteiger partial charge in [0.2, 0.25) is 0 Å². The molecule has 28 heavy (non-hydrogen) atoms. The molecule has 3 rings (SSSR count).